The summed E-state index contributed by atoms with van der Waals surface area (Å²) in [6, 6.07) is 4.31. The Morgan fingerprint density at radius 2 is 1.54 bits per heavy atom. The Bertz CT molecular complexity index is 1810. The van der Waals surface area contributed by atoms with Crippen LogP contribution < -0.4 is 26.6 Å². The molecule has 0 aromatic heterocycles. The number of hydrogen-bond donors (Lipinski definition) is 5. The maximum absolute atomic E-state index is 14.6. The first-order valence-electron chi connectivity index (χ1n) is 21.6. The Morgan fingerprint density at radius 1 is 0.898 bits per heavy atom. The molecular weight excluding hydrogens is 751 g/mol. The fourth-order valence-electron chi connectivity index (χ4n) is 11.6. The van der Waals surface area contributed by atoms with Crippen LogP contribution in [-0.4, -0.2) is 102 Å². The number of ketones is 1. The molecule has 7 rings (SSSR count). The molecule has 0 radical (unpaired) electrons. The largest absolute Gasteiger partial charge is 0.347 e. The number of fused-ring (bicyclic) bond motifs is 1. The van der Waals surface area contributed by atoms with Crippen LogP contribution in [0, 0.1) is 39.9 Å². The van der Waals surface area contributed by atoms with Gasteiger partial charge in [0.15, 0.2) is 0 Å². The molecular formula is C45H67N7O7. The predicted octanol–water partition coefficient (Wildman–Crippen LogP) is 3.85. The van der Waals surface area contributed by atoms with Gasteiger partial charge in [0.1, 0.15) is 18.1 Å². The summed E-state index contributed by atoms with van der Waals surface area (Å²) in [5.41, 5.74) is -0.400. The Kier molecular flexibility index (Phi) is 12.3. The number of piperidine rings is 1. The van der Waals surface area contributed by atoms with Gasteiger partial charge in [-0.15, -0.1) is 0 Å². The van der Waals surface area contributed by atoms with Crippen LogP contribution in [0.1, 0.15) is 118 Å². The summed E-state index contributed by atoms with van der Waals surface area (Å²) in [7, 11) is 3.14. The van der Waals surface area contributed by atoms with Crippen LogP contribution >= 0.6 is 0 Å². The Hall–Kier alpha value is -4.49. The smallest absolute Gasteiger partial charge is 0.315 e. The van der Waals surface area contributed by atoms with Crippen LogP contribution in [-0.2, 0) is 28.8 Å². The molecule has 324 valence electrons. The van der Waals surface area contributed by atoms with Crippen molar-refractivity contribution in [1.29, 1.82) is 0 Å². The van der Waals surface area contributed by atoms with Gasteiger partial charge in [0, 0.05) is 26.2 Å². The number of hydrogen-bond acceptors (Lipinski definition) is 7. The summed E-state index contributed by atoms with van der Waals surface area (Å²) < 4.78 is 0. The Balaban J connectivity index is 1.12. The lowest BCUT2D eigenvalue weighted by Gasteiger charge is -2.61. The molecule has 5 saturated carbocycles. The maximum atomic E-state index is 14.6. The van der Waals surface area contributed by atoms with Gasteiger partial charge in [0.2, 0.25) is 29.4 Å². The highest BCUT2D eigenvalue weighted by atomic mass is 16.2. The van der Waals surface area contributed by atoms with Gasteiger partial charge in [0.25, 0.3) is 5.91 Å². The molecule has 59 heavy (non-hydrogen) atoms. The van der Waals surface area contributed by atoms with Gasteiger partial charge in [0.05, 0.1) is 12.6 Å². The number of unbranched alkanes of at least 4 members (excludes halogenated alkanes) is 1. The molecule has 1 aromatic carbocycles. The Morgan fingerprint density at radius 3 is 2.12 bits per heavy atom. The van der Waals surface area contributed by atoms with Crippen molar-refractivity contribution < 1.29 is 33.6 Å². The first kappa shape index (κ1) is 44.1. The van der Waals surface area contributed by atoms with E-state index in [-0.39, 0.29) is 52.5 Å². The monoisotopic (exact) mass is 818 g/mol. The molecule has 6 fully saturated rings. The van der Waals surface area contributed by atoms with E-state index in [1.807, 2.05) is 27.7 Å². The van der Waals surface area contributed by atoms with Crippen LogP contribution in [0.3, 0.4) is 0 Å². The minimum atomic E-state index is -1.19. The lowest BCUT2D eigenvalue weighted by molar-refractivity contribution is -0.145. The number of nitrogens with zero attached hydrogens (tertiary/aromatic N) is 2. The van der Waals surface area contributed by atoms with Crippen LogP contribution in [0.5, 0.6) is 0 Å². The normalized spacial score (nSPS) is 29.9. The van der Waals surface area contributed by atoms with Gasteiger partial charge in [-0.25, -0.2) is 4.79 Å². The maximum Gasteiger partial charge on any atom is 0.315 e. The topological polar surface area (TPSA) is 186 Å². The molecule has 14 nitrogen and oxygen atoms in total. The van der Waals surface area contributed by atoms with Crippen LogP contribution in [0.15, 0.2) is 30.3 Å². The quantitative estimate of drug-likeness (QED) is 0.167. The second-order valence-corrected chi connectivity index (χ2v) is 20.7. The van der Waals surface area contributed by atoms with E-state index < -0.39 is 59.6 Å². The van der Waals surface area contributed by atoms with E-state index in [1.165, 1.54) is 24.2 Å². The number of carbonyl (C=O) groups is 7. The zero-order chi connectivity index (χ0) is 43.2. The van der Waals surface area contributed by atoms with E-state index in [1.54, 1.807) is 49.3 Å². The van der Waals surface area contributed by atoms with Crippen molar-refractivity contribution in [3.8, 4) is 0 Å². The third kappa shape index (κ3) is 9.31. The van der Waals surface area contributed by atoms with E-state index in [9.17, 15) is 33.6 Å². The lowest BCUT2D eigenvalue weighted by Crippen LogP contribution is -2.66. The standard InChI is InChI=1S/C45H67N7O7/c1-10-11-17-30(35(54)38(56)46-23-31(53)48-33(39(57)51(8)9)28-15-13-12-14-16-28)47-37(55)34-32-29(43(32,5)6)24-52(34)40(58)36(42(2,3)4)49-41(59)50-45-21-26-18-27(22-45)20-44(7,19-26)25-45/h12-16,26-27,29-30,32-34,36H,10-11,17-25H2,1-9H3,(H,46,56)(H,47,55)(H,48,53)(H2,49,50,59). The van der Waals surface area contributed by atoms with Crippen molar-refractivity contribution in [1.82, 2.24) is 36.4 Å². The van der Waals surface area contributed by atoms with Crippen molar-refractivity contribution in [3.63, 3.8) is 0 Å². The summed E-state index contributed by atoms with van der Waals surface area (Å²) >= 11 is 0. The molecule has 8 unspecified atom stereocenters. The molecule has 6 aliphatic rings. The molecule has 5 aliphatic carbocycles. The summed E-state index contributed by atoms with van der Waals surface area (Å²) in [4.78, 5) is 98.7. The van der Waals surface area contributed by atoms with E-state index >= 15 is 0 Å². The van der Waals surface area contributed by atoms with Gasteiger partial charge in [-0.05, 0) is 90.4 Å². The van der Waals surface area contributed by atoms with Gasteiger partial charge in [-0.3, -0.25) is 28.8 Å². The number of Topliss-reactive ketones (excluding diaryl/α,β-unsaturated/α-hetero) is 1. The van der Waals surface area contributed by atoms with Gasteiger partial charge in [-0.1, -0.05) is 91.6 Å². The van der Waals surface area contributed by atoms with Crippen LogP contribution in [0.4, 0.5) is 4.79 Å². The number of urea groups is 1. The summed E-state index contributed by atoms with van der Waals surface area (Å²) in [6.07, 6.45) is 7.91. The van der Waals surface area contributed by atoms with E-state index in [0.717, 1.165) is 19.3 Å². The van der Waals surface area contributed by atoms with Crippen molar-refractivity contribution in [2.24, 2.45) is 39.9 Å². The third-order valence-corrected chi connectivity index (χ3v) is 14.1. The van der Waals surface area contributed by atoms with Gasteiger partial charge < -0.3 is 36.4 Å². The molecule has 1 aromatic rings. The predicted molar refractivity (Wildman–Crippen MR) is 222 cm³/mol. The number of likely N-dealkylation sites (tertiary alicyclic amines) is 1. The second-order valence-electron chi connectivity index (χ2n) is 20.7. The third-order valence-electron chi connectivity index (χ3n) is 14.1. The average Bonchev–Trinajstić information content (AvgIpc) is 3.44. The number of amides is 7. The number of carbonyl (C=O) groups excluding carboxylic acids is 7. The minimum absolute atomic E-state index is 0.0510. The zero-order valence-corrected chi connectivity index (χ0v) is 36.5. The first-order chi connectivity index (χ1) is 27.6. The molecule has 14 heteroatoms. The fraction of sp³-hybridized carbons (Fsp3) is 0.711. The van der Waals surface area contributed by atoms with Gasteiger partial charge in [-0.2, -0.15) is 0 Å². The van der Waals surface area contributed by atoms with Crippen molar-refractivity contribution >= 4 is 41.4 Å². The highest BCUT2D eigenvalue weighted by molar-refractivity contribution is 6.38. The number of rotatable bonds is 15. The van der Waals surface area contributed by atoms with Gasteiger partial charge >= 0.3 is 6.03 Å². The molecule has 5 N–H and O–H groups in total. The van der Waals surface area contributed by atoms with Crippen LogP contribution in [0.2, 0.25) is 0 Å². The molecule has 1 saturated heterocycles. The van der Waals surface area contributed by atoms with Crippen molar-refractivity contribution in [2.45, 2.75) is 136 Å². The number of likely N-dealkylation sites (N-methyl/N-ethyl adjacent to an activating group) is 1. The van der Waals surface area contributed by atoms with Crippen LogP contribution in [0.25, 0.3) is 0 Å². The number of nitrogens with one attached hydrogen (secondary N) is 5. The molecule has 1 aliphatic heterocycles. The Labute approximate surface area is 349 Å². The van der Waals surface area contributed by atoms with Crippen molar-refractivity contribution in [2.75, 3.05) is 27.2 Å². The molecule has 4 bridgehead atoms. The fourth-order valence-corrected chi connectivity index (χ4v) is 11.6. The summed E-state index contributed by atoms with van der Waals surface area (Å²) in [6.45, 7) is 13.9. The number of benzene rings is 1. The van der Waals surface area contributed by atoms with E-state index in [4.69, 9.17) is 0 Å². The van der Waals surface area contributed by atoms with E-state index in [2.05, 4.69) is 47.4 Å². The lowest BCUT2D eigenvalue weighted by atomic mass is 9.47. The highest BCUT2D eigenvalue weighted by Gasteiger charge is 2.70. The highest BCUT2D eigenvalue weighted by Crippen LogP contribution is 2.65. The first-order valence-corrected chi connectivity index (χ1v) is 21.6. The zero-order valence-electron chi connectivity index (χ0n) is 36.5. The molecule has 1 heterocycles. The summed E-state index contributed by atoms with van der Waals surface area (Å²) in [5, 5.41) is 14.3. The summed E-state index contributed by atoms with van der Waals surface area (Å²) in [5.74, 6) is -2.77. The molecule has 7 amide bonds. The van der Waals surface area contributed by atoms with E-state index in [0.29, 0.717) is 36.8 Å². The second kappa shape index (κ2) is 16.5. The van der Waals surface area contributed by atoms with Crippen molar-refractivity contribution in [3.05, 3.63) is 35.9 Å². The SMILES string of the molecule is CCCCC(NC(=O)C1C2C(CN1C(=O)C(NC(=O)NC13CC4CC(CC(C)(C4)C1)C3)C(C)(C)C)C2(C)C)C(=O)C(=O)NCC(=O)NC(C(=O)N(C)C)c1ccccc1. The minimum Gasteiger partial charge on any atom is -0.347 e. The molecule has 8 atom stereocenters. The average molecular weight is 818 g/mol. The molecule has 0 spiro atoms.